The fraction of sp³-hybridized carbons (Fsp3) is 0.556. The van der Waals surface area contributed by atoms with Gasteiger partial charge in [-0.25, -0.2) is 4.98 Å². The highest BCUT2D eigenvalue weighted by Crippen LogP contribution is 2.28. The predicted octanol–water partition coefficient (Wildman–Crippen LogP) is 2.69. The van der Waals surface area contributed by atoms with Gasteiger partial charge < -0.3 is 19.4 Å². The quantitative estimate of drug-likeness (QED) is 0.301. The molecule has 3 rings (SSSR count). The molecule has 2 aromatic rings. The zero-order chi connectivity index (χ0) is 16.9. The summed E-state index contributed by atoms with van der Waals surface area (Å²) in [7, 11) is 3.83. The summed E-state index contributed by atoms with van der Waals surface area (Å²) >= 11 is 0. The lowest BCUT2D eigenvalue weighted by atomic mass is 10.4. The molecule has 0 radical (unpaired) electrons. The van der Waals surface area contributed by atoms with Crippen LogP contribution in [0.15, 0.2) is 29.4 Å². The molecule has 138 valence electrons. The minimum atomic E-state index is 0. The molecular formula is C18H28IN5O. The molecule has 0 amide bonds. The Balaban J connectivity index is 0.00000225. The first kappa shape index (κ1) is 20.0. The Kier molecular flexibility index (Phi) is 7.49. The molecule has 1 saturated carbocycles. The average molecular weight is 457 g/mol. The van der Waals surface area contributed by atoms with Gasteiger partial charge in [0.2, 0.25) is 0 Å². The Hall–Kier alpha value is -1.35. The fourth-order valence-electron chi connectivity index (χ4n) is 2.68. The smallest absolute Gasteiger partial charge is 0.193 e. The number of halogens is 1. The van der Waals surface area contributed by atoms with Gasteiger partial charge in [-0.05, 0) is 37.8 Å². The van der Waals surface area contributed by atoms with E-state index in [0.717, 1.165) is 43.0 Å². The molecule has 25 heavy (non-hydrogen) atoms. The molecular weight excluding hydrogens is 429 g/mol. The molecule has 0 saturated heterocycles. The number of rotatable bonds is 7. The molecule has 1 aliphatic rings. The molecule has 7 heteroatoms. The number of imidazole rings is 1. The van der Waals surface area contributed by atoms with Crippen molar-refractivity contribution in [3.63, 3.8) is 0 Å². The van der Waals surface area contributed by atoms with Crippen LogP contribution in [0.2, 0.25) is 0 Å². The van der Waals surface area contributed by atoms with E-state index in [2.05, 4.69) is 43.8 Å². The first-order valence-electron chi connectivity index (χ1n) is 8.60. The van der Waals surface area contributed by atoms with Crippen LogP contribution in [0.5, 0.6) is 0 Å². The number of nitrogens with zero attached hydrogens (tertiary/aromatic N) is 4. The largest absolute Gasteiger partial charge is 0.379 e. The van der Waals surface area contributed by atoms with E-state index in [4.69, 9.17) is 4.74 Å². The van der Waals surface area contributed by atoms with Gasteiger partial charge in [0.05, 0.1) is 18.8 Å². The van der Waals surface area contributed by atoms with Crippen molar-refractivity contribution in [3.8, 4) is 0 Å². The summed E-state index contributed by atoms with van der Waals surface area (Å²) in [6.07, 6.45) is 4.73. The van der Waals surface area contributed by atoms with Crippen molar-refractivity contribution in [1.82, 2.24) is 19.6 Å². The van der Waals surface area contributed by atoms with Crippen LogP contribution in [-0.4, -0.2) is 54.1 Å². The zero-order valence-electron chi connectivity index (χ0n) is 15.2. The fourth-order valence-corrected chi connectivity index (χ4v) is 2.68. The maximum atomic E-state index is 5.70. The van der Waals surface area contributed by atoms with E-state index in [0.29, 0.717) is 6.54 Å². The third-order valence-corrected chi connectivity index (χ3v) is 4.37. The van der Waals surface area contributed by atoms with Crippen LogP contribution in [0.25, 0.3) is 5.65 Å². The number of ether oxygens (including phenoxy) is 1. The van der Waals surface area contributed by atoms with Gasteiger partial charge in [-0.15, -0.1) is 24.0 Å². The number of fused-ring (bicyclic) bond motifs is 1. The lowest BCUT2D eigenvalue weighted by molar-refractivity contribution is 0.115. The van der Waals surface area contributed by atoms with Gasteiger partial charge in [0, 0.05) is 39.1 Å². The van der Waals surface area contributed by atoms with Crippen molar-refractivity contribution in [2.45, 2.75) is 26.3 Å². The van der Waals surface area contributed by atoms with Gasteiger partial charge in [-0.2, -0.15) is 0 Å². The molecule has 2 aromatic heterocycles. The predicted molar refractivity (Wildman–Crippen MR) is 112 cm³/mol. The molecule has 0 atom stereocenters. The van der Waals surface area contributed by atoms with E-state index in [1.54, 1.807) is 7.05 Å². The molecule has 2 heterocycles. The number of nitrogens with one attached hydrogen (secondary N) is 1. The molecule has 0 aliphatic heterocycles. The van der Waals surface area contributed by atoms with Gasteiger partial charge in [0.15, 0.2) is 5.96 Å². The summed E-state index contributed by atoms with van der Waals surface area (Å²) in [4.78, 5) is 11.1. The summed E-state index contributed by atoms with van der Waals surface area (Å²) < 4.78 is 7.80. The van der Waals surface area contributed by atoms with Crippen LogP contribution < -0.4 is 5.32 Å². The minimum absolute atomic E-state index is 0. The van der Waals surface area contributed by atoms with Crippen LogP contribution in [0, 0.1) is 12.8 Å². The van der Waals surface area contributed by atoms with Gasteiger partial charge in [0.1, 0.15) is 5.65 Å². The van der Waals surface area contributed by atoms with E-state index in [1.807, 2.05) is 19.2 Å². The summed E-state index contributed by atoms with van der Waals surface area (Å²) in [5.74, 6) is 1.67. The average Bonchev–Trinajstić information content (AvgIpc) is 3.30. The summed E-state index contributed by atoms with van der Waals surface area (Å²) in [6.45, 7) is 5.21. The summed E-state index contributed by atoms with van der Waals surface area (Å²) in [6, 6.07) is 6.14. The number of hydrogen-bond donors (Lipinski definition) is 1. The lowest BCUT2D eigenvalue weighted by Gasteiger charge is -2.21. The highest BCUT2D eigenvalue weighted by Gasteiger charge is 2.21. The van der Waals surface area contributed by atoms with Gasteiger partial charge in [0.25, 0.3) is 0 Å². The normalized spacial score (nSPS) is 14.4. The Labute approximate surface area is 166 Å². The van der Waals surface area contributed by atoms with Crippen LogP contribution in [0.1, 0.15) is 24.2 Å². The van der Waals surface area contributed by atoms with Gasteiger partial charge in [-0.1, -0.05) is 6.07 Å². The molecule has 0 unspecified atom stereocenters. The molecule has 1 N–H and O–H groups in total. The van der Waals surface area contributed by atoms with Crippen LogP contribution >= 0.6 is 24.0 Å². The lowest BCUT2D eigenvalue weighted by Crippen LogP contribution is -2.40. The maximum absolute atomic E-state index is 5.70. The first-order chi connectivity index (χ1) is 11.7. The molecule has 0 bridgehead atoms. The standard InChI is InChI=1S/C18H27N5O.HI/c1-14-5-4-6-17-21-16(12-23(14)17)11-20-18(19-2)22(3)9-10-24-13-15-7-8-15;/h4-6,12,15H,7-11,13H2,1-3H3,(H,19,20);1H. The molecule has 1 aliphatic carbocycles. The second kappa shape index (κ2) is 9.38. The van der Waals surface area contributed by atoms with Crippen molar-refractivity contribution >= 4 is 35.6 Å². The van der Waals surface area contributed by atoms with Crippen LogP contribution in [0.4, 0.5) is 0 Å². The van der Waals surface area contributed by atoms with Crippen molar-refractivity contribution in [2.24, 2.45) is 10.9 Å². The summed E-state index contributed by atoms with van der Waals surface area (Å²) in [5.41, 5.74) is 3.16. The SMILES string of the molecule is CN=C(NCc1cn2c(C)cccc2n1)N(C)CCOCC1CC1.I. The Bertz CT molecular complexity index is 711. The van der Waals surface area contributed by atoms with E-state index >= 15 is 0 Å². The number of likely N-dealkylation sites (N-methyl/N-ethyl adjacent to an activating group) is 1. The van der Waals surface area contributed by atoms with E-state index in [1.165, 1.54) is 18.5 Å². The monoisotopic (exact) mass is 457 g/mol. The van der Waals surface area contributed by atoms with Crippen molar-refractivity contribution in [1.29, 1.82) is 0 Å². The van der Waals surface area contributed by atoms with Crippen molar-refractivity contribution in [2.75, 3.05) is 33.9 Å². The topological polar surface area (TPSA) is 54.2 Å². The Morgan fingerprint density at radius 3 is 2.92 bits per heavy atom. The highest BCUT2D eigenvalue weighted by atomic mass is 127. The third kappa shape index (κ3) is 5.57. The number of aromatic nitrogens is 2. The van der Waals surface area contributed by atoms with Crippen LogP contribution in [-0.2, 0) is 11.3 Å². The van der Waals surface area contributed by atoms with E-state index in [-0.39, 0.29) is 24.0 Å². The third-order valence-electron chi connectivity index (χ3n) is 4.37. The number of aliphatic imine (C=N–C) groups is 1. The number of guanidine groups is 1. The zero-order valence-corrected chi connectivity index (χ0v) is 17.6. The minimum Gasteiger partial charge on any atom is -0.379 e. The maximum Gasteiger partial charge on any atom is 0.193 e. The van der Waals surface area contributed by atoms with E-state index in [9.17, 15) is 0 Å². The second-order valence-electron chi connectivity index (χ2n) is 6.47. The van der Waals surface area contributed by atoms with Gasteiger partial charge >= 0.3 is 0 Å². The van der Waals surface area contributed by atoms with Gasteiger partial charge in [-0.3, -0.25) is 4.99 Å². The molecule has 1 fully saturated rings. The number of pyridine rings is 1. The molecule has 6 nitrogen and oxygen atoms in total. The molecule has 0 aromatic carbocycles. The Morgan fingerprint density at radius 1 is 1.44 bits per heavy atom. The van der Waals surface area contributed by atoms with Crippen molar-refractivity contribution < 1.29 is 4.74 Å². The van der Waals surface area contributed by atoms with Crippen molar-refractivity contribution in [3.05, 3.63) is 35.8 Å². The molecule has 0 spiro atoms. The summed E-state index contributed by atoms with van der Waals surface area (Å²) in [5, 5.41) is 3.37. The first-order valence-corrected chi connectivity index (χ1v) is 8.60. The number of hydrogen-bond acceptors (Lipinski definition) is 3. The second-order valence-corrected chi connectivity index (χ2v) is 6.47. The Morgan fingerprint density at radius 2 is 2.24 bits per heavy atom. The number of aryl methyl sites for hydroxylation is 1. The highest BCUT2D eigenvalue weighted by molar-refractivity contribution is 14.0. The van der Waals surface area contributed by atoms with E-state index < -0.39 is 0 Å². The van der Waals surface area contributed by atoms with Crippen LogP contribution in [0.3, 0.4) is 0 Å².